The molecule has 0 aromatic heterocycles. The summed E-state index contributed by atoms with van der Waals surface area (Å²) < 4.78 is 24.8. The molecule has 3 nitrogen and oxygen atoms in total. The maximum atomic E-state index is 11.6. The van der Waals surface area contributed by atoms with Gasteiger partial charge in [0.25, 0.3) is 0 Å². The third-order valence-corrected chi connectivity index (χ3v) is 6.29. The Balaban J connectivity index is 2.68. The van der Waals surface area contributed by atoms with Crippen LogP contribution in [-0.2, 0) is 10.0 Å². The number of sulfonamides is 1. The molecule has 1 saturated heterocycles. The number of rotatable bonds is 5. The zero-order valence-electron chi connectivity index (χ0n) is 11.9. The Morgan fingerprint density at radius 3 is 2.50 bits per heavy atom. The second-order valence-electron chi connectivity index (χ2n) is 6.28. The van der Waals surface area contributed by atoms with Crippen LogP contribution in [0.25, 0.3) is 0 Å². The van der Waals surface area contributed by atoms with Crippen molar-refractivity contribution in [1.29, 1.82) is 0 Å². The van der Waals surface area contributed by atoms with Crippen molar-refractivity contribution in [2.24, 2.45) is 17.3 Å². The van der Waals surface area contributed by atoms with Crippen LogP contribution < -0.4 is 0 Å². The van der Waals surface area contributed by atoms with E-state index in [1.54, 1.807) is 4.31 Å². The molecule has 0 saturated carbocycles. The Morgan fingerprint density at radius 1 is 1.44 bits per heavy atom. The fraction of sp³-hybridized carbons (Fsp3) is 1.00. The average Bonchev–Trinajstić information content (AvgIpc) is 2.28. The number of hydrogen-bond acceptors (Lipinski definition) is 2. The van der Waals surface area contributed by atoms with E-state index in [-0.39, 0.29) is 5.41 Å². The highest BCUT2D eigenvalue weighted by molar-refractivity contribution is 7.88. The summed E-state index contributed by atoms with van der Waals surface area (Å²) >= 11 is 6.12. The first-order valence-electron chi connectivity index (χ1n) is 6.70. The molecule has 18 heavy (non-hydrogen) atoms. The summed E-state index contributed by atoms with van der Waals surface area (Å²) in [5.41, 5.74) is 0.104. The molecule has 1 heterocycles. The van der Waals surface area contributed by atoms with Gasteiger partial charge in [-0.1, -0.05) is 20.8 Å². The number of hydrogen-bond donors (Lipinski definition) is 0. The minimum atomic E-state index is -3.04. The fourth-order valence-electron chi connectivity index (χ4n) is 2.60. The summed E-state index contributed by atoms with van der Waals surface area (Å²) in [6.07, 6.45) is 4.40. The van der Waals surface area contributed by atoms with Gasteiger partial charge in [-0.15, -0.1) is 11.6 Å². The molecule has 1 rings (SSSR count). The van der Waals surface area contributed by atoms with Crippen LogP contribution in [0.4, 0.5) is 0 Å². The van der Waals surface area contributed by atoms with E-state index in [4.69, 9.17) is 11.6 Å². The molecule has 0 spiro atoms. The van der Waals surface area contributed by atoms with Gasteiger partial charge in [0.1, 0.15) is 0 Å². The van der Waals surface area contributed by atoms with Crippen LogP contribution >= 0.6 is 11.6 Å². The van der Waals surface area contributed by atoms with Crippen LogP contribution in [0.5, 0.6) is 0 Å². The van der Waals surface area contributed by atoms with E-state index in [0.717, 1.165) is 19.3 Å². The maximum absolute atomic E-state index is 11.6. The number of nitrogens with zero attached hydrogens (tertiary/aromatic N) is 1. The summed E-state index contributed by atoms with van der Waals surface area (Å²) in [5.74, 6) is 1.60. The van der Waals surface area contributed by atoms with E-state index >= 15 is 0 Å². The lowest BCUT2D eigenvalue weighted by Gasteiger charge is -2.39. The number of alkyl halides is 1. The zero-order valence-corrected chi connectivity index (χ0v) is 13.5. The Kier molecular flexibility index (Phi) is 5.51. The van der Waals surface area contributed by atoms with Crippen LogP contribution in [0.3, 0.4) is 0 Å². The van der Waals surface area contributed by atoms with Gasteiger partial charge in [0.2, 0.25) is 10.0 Å². The van der Waals surface area contributed by atoms with Crippen molar-refractivity contribution >= 4 is 21.6 Å². The van der Waals surface area contributed by atoms with Gasteiger partial charge in [-0.25, -0.2) is 12.7 Å². The van der Waals surface area contributed by atoms with Crippen molar-refractivity contribution in [3.8, 4) is 0 Å². The molecule has 0 aliphatic carbocycles. The van der Waals surface area contributed by atoms with Gasteiger partial charge in [0, 0.05) is 19.0 Å². The van der Waals surface area contributed by atoms with Crippen molar-refractivity contribution in [2.45, 2.75) is 40.0 Å². The maximum Gasteiger partial charge on any atom is 0.211 e. The van der Waals surface area contributed by atoms with Gasteiger partial charge in [-0.3, -0.25) is 0 Å². The Bertz CT molecular complexity index is 369. The second-order valence-corrected chi connectivity index (χ2v) is 8.53. The van der Waals surface area contributed by atoms with Crippen LogP contribution in [0.2, 0.25) is 0 Å². The first-order valence-corrected chi connectivity index (χ1v) is 9.08. The van der Waals surface area contributed by atoms with E-state index in [2.05, 4.69) is 20.8 Å². The Morgan fingerprint density at radius 2 is 2.06 bits per heavy atom. The van der Waals surface area contributed by atoms with Crippen molar-refractivity contribution in [3.63, 3.8) is 0 Å². The van der Waals surface area contributed by atoms with Crippen molar-refractivity contribution in [3.05, 3.63) is 0 Å². The molecule has 0 amide bonds. The van der Waals surface area contributed by atoms with Crippen LogP contribution in [0.15, 0.2) is 0 Å². The lowest BCUT2D eigenvalue weighted by Crippen LogP contribution is -2.41. The second kappa shape index (κ2) is 6.10. The highest BCUT2D eigenvalue weighted by Crippen LogP contribution is 2.38. The third-order valence-electron chi connectivity index (χ3n) is 4.40. The molecule has 0 bridgehead atoms. The van der Waals surface area contributed by atoms with Crippen LogP contribution in [-0.4, -0.2) is 37.9 Å². The van der Waals surface area contributed by atoms with Gasteiger partial charge in [0.05, 0.1) is 6.26 Å². The fourth-order valence-corrected chi connectivity index (χ4v) is 3.96. The molecule has 5 heteroatoms. The Hall–Kier alpha value is 0.200. The third kappa shape index (κ3) is 4.10. The largest absolute Gasteiger partial charge is 0.213 e. The van der Waals surface area contributed by atoms with Crippen molar-refractivity contribution < 1.29 is 8.42 Å². The lowest BCUT2D eigenvalue weighted by molar-refractivity contribution is 0.151. The molecular weight excluding hydrogens is 270 g/mol. The van der Waals surface area contributed by atoms with Gasteiger partial charge in [-0.2, -0.15) is 0 Å². The summed E-state index contributed by atoms with van der Waals surface area (Å²) in [6.45, 7) is 7.94. The van der Waals surface area contributed by atoms with Gasteiger partial charge >= 0.3 is 0 Å². The first-order chi connectivity index (χ1) is 8.19. The Labute approximate surface area is 117 Å². The van der Waals surface area contributed by atoms with Crippen LogP contribution in [0.1, 0.15) is 40.0 Å². The van der Waals surface area contributed by atoms with Crippen molar-refractivity contribution in [1.82, 2.24) is 4.31 Å². The summed E-state index contributed by atoms with van der Waals surface area (Å²) in [7, 11) is -3.04. The first kappa shape index (κ1) is 16.3. The summed E-state index contributed by atoms with van der Waals surface area (Å²) in [5, 5.41) is 0. The van der Waals surface area contributed by atoms with Crippen LogP contribution in [0, 0.1) is 17.3 Å². The van der Waals surface area contributed by atoms with Gasteiger partial charge in [-0.05, 0) is 36.5 Å². The number of halogens is 1. The monoisotopic (exact) mass is 295 g/mol. The van der Waals surface area contributed by atoms with Gasteiger partial charge in [0.15, 0.2) is 0 Å². The zero-order chi connectivity index (χ0) is 14.0. The van der Waals surface area contributed by atoms with E-state index in [9.17, 15) is 8.42 Å². The SMILES string of the molecule is CC(C)C(C)(CCl)CC1CCCN(S(C)(=O)=O)C1. The normalized spacial score (nSPS) is 26.2. The standard InChI is InChI=1S/C13H26ClNO2S/c1-11(2)13(3,10-14)8-12-6-5-7-15(9-12)18(4,16)17/h11-12H,5-10H2,1-4H3. The van der Waals surface area contributed by atoms with E-state index in [1.165, 1.54) is 6.26 Å². The highest BCUT2D eigenvalue weighted by atomic mass is 35.5. The minimum absolute atomic E-state index is 0.104. The molecule has 2 atom stereocenters. The van der Waals surface area contributed by atoms with Crippen molar-refractivity contribution in [2.75, 3.05) is 25.2 Å². The quantitative estimate of drug-likeness (QED) is 0.731. The molecule has 0 aromatic carbocycles. The van der Waals surface area contributed by atoms with E-state index < -0.39 is 10.0 Å². The molecule has 108 valence electrons. The lowest BCUT2D eigenvalue weighted by atomic mass is 9.73. The summed E-state index contributed by atoms with van der Waals surface area (Å²) in [4.78, 5) is 0. The minimum Gasteiger partial charge on any atom is -0.213 e. The molecule has 0 radical (unpaired) electrons. The average molecular weight is 296 g/mol. The molecule has 1 aliphatic heterocycles. The topological polar surface area (TPSA) is 37.4 Å². The molecular formula is C13H26ClNO2S. The summed E-state index contributed by atoms with van der Waals surface area (Å²) in [6, 6.07) is 0. The van der Waals surface area contributed by atoms with E-state index in [1.807, 2.05) is 0 Å². The smallest absolute Gasteiger partial charge is 0.211 e. The molecule has 1 aliphatic rings. The predicted octanol–water partition coefficient (Wildman–Crippen LogP) is 2.95. The molecule has 1 fully saturated rings. The van der Waals surface area contributed by atoms with Gasteiger partial charge < -0.3 is 0 Å². The highest BCUT2D eigenvalue weighted by Gasteiger charge is 2.34. The molecule has 0 aromatic rings. The van der Waals surface area contributed by atoms with E-state index in [0.29, 0.717) is 30.8 Å². The predicted molar refractivity (Wildman–Crippen MR) is 77.4 cm³/mol. The number of piperidine rings is 1. The molecule has 0 N–H and O–H groups in total. The molecule has 2 unspecified atom stereocenters.